The van der Waals surface area contributed by atoms with E-state index in [0.29, 0.717) is 0 Å². The average Bonchev–Trinajstić information content (AvgIpc) is 2.64. The number of rotatable bonds is 2. The molecule has 1 aliphatic rings. The molecule has 2 rings (SSSR count). The predicted molar refractivity (Wildman–Crippen MR) is 72.5 cm³/mol. The third-order valence-electron chi connectivity index (χ3n) is 2.86. The van der Waals surface area contributed by atoms with Crippen molar-refractivity contribution in [2.75, 3.05) is 17.8 Å². The molecule has 0 amide bonds. The molecule has 0 radical (unpaired) electrons. The van der Waals surface area contributed by atoms with Gasteiger partial charge in [0.05, 0.1) is 0 Å². The van der Waals surface area contributed by atoms with Crippen molar-refractivity contribution >= 4 is 17.6 Å². The van der Waals surface area contributed by atoms with Crippen LogP contribution in [0.5, 0.6) is 0 Å². The van der Waals surface area contributed by atoms with Gasteiger partial charge in [-0.2, -0.15) is 0 Å². The zero-order valence-electron chi connectivity index (χ0n) is 10.3. The molecule has 2 nitrogen and oxygen atoms in total. The van der Waals surface area contributed by atoms with Crippen molar-refractivity contribution in [1.82, 2.24) is 4.31 Å². The van der Waals surface area contributed by atoms with Crippen molar-refractivity contribution < 1.29 is 0 Å². The monoisotopic (exact) mass is 234 g/mol. The van der Waals surface area contributed by atoms with E-state index in [4.69, 9.17) is 0 Å². The SMILES string of the molecule is CSN1C=CN(c2c(C)cc(C)cc2C)C1. The number of benzene rings is 1. The molecule has 0 atom stereocenters. The van der Waals surface area contributed by atoms with E-state index in [1.54, 1.807) is 11.9 Å². The Morgan fingerprint density at radius 1 is 1.06 bits per heavy atom. The van der Waals surface area contributed by atoms with Gasteiger partial charge in [-0.3, -0.25) is 0 Å². The number of anilines is 1. The van der Waals surface area contributed by atoms with Gasteiger partial charge in [0, 0.05) is 24.3 Å². The number of aryl methyl sites for hydroxylation is 3. The summed E-state index contributed by atoms with van der Waals surface area (Å²) in [6.45, 7) is 7.46. The van der Waals surface area contributed by atoms with Crippen LogP contribution >= 0.6 is 11.9 Å². The number of hydrogen-bond donors (Lipinski definition) is 0. The third-order valence-corrected chi connectivity index (χ3v) is 3.57. The first-order valence-corrected chi connectivity index (χ1v) is 6.63. The Hall–Kier alpha value is -1.09. The minimum atomic E-state index is 0.936. The van der Waals surface area contributed by atoms with Crippen molar-refractivity contribution in [2.24, 2.45) is 0 Å². The first-order valence-electron chi connectivity index (χ1n) is 5.45. The summed E-state index contributed by atoms with van der Waals surface area (Å²) in [6, 6.07) is 4.50. The molecule has 1 aromatic carbocycles. The van der Waals surface area contributed by atoms with Gasteiger partial charge in [-0.25, -0.2) is 0 Å². The van der Waals surface area contributed by atoms with E-state index >= 15 is 0 Å². The summed E-state index contributed by atoms with van der Waals surface area (Å²) in [4.78, 5) is 2.31. The minimum absolute atomic E-state index is 0.936. The van der Waals surface area contributed by atoms with Crippen molar-refractivity contribution in [3.8, 4) is 0 Å². The molecule has 0 bridgehead atoms. The number of hydrogen-bond acceptors (Lipinski definition) is 3. The van der Waals surface area contributed by atoms with Gasteiger partial charge in [0.2, 0.25) is 0 Å². The van der Waals surface area contributed by atoms with Gasteiger partial charge in [0.1, 0.15) is 6.67 Å². The molecule has 86 valence electrons. The lowest BCUT2D eigenvalue weighted by Crippen LogP contribution is -2.21. The maximum absolute atomic E-state index is 2.31. The zero-order chi connectivity index (χ0) is 11.7. The number of nitrogens with zero attached hydrogens (tertiary/aromatic N) is 2. The van der Waals surface area contributed by atoms with Crippen molar-refractivity contribution in [3.05, 3.63) is 41.2 Å². The Kier molecular flexibility index (Phi) is 3.15. The van der Waals surface area contributed by atoms with Gasteiger partial charge < -0.3 is 9.21 Å². The van der Waals surface area contributed by atoms with E-state index < -0.39 is 0 Å². The topological polar surface area (TPSA) is 6.48 Å². The lowest BCUT2D eigenvalue weighted by atomic mass is 10.0. The second kappa shape index (κ2) is 4.42. The van der Waals surface area contributed by atoms with E-state index in [0.717, 1.165) is 6.67 Å². The van der Waals surface area contributed by atoms with Crippen LogP contribution < -0.4 is 4.90 Å². The normalized spacial score (nSPS) is 15.0. The van der Waals surface area contributed by atoms with Crippen LogP contribution in [-0.2, 0) is 0 Å². The molecule has 0 aromatic heterocycles. The van der Waals surface area contributed by atoms with Crippen LogP contribution in [0.15, 0.2) is 24.5 Å². The van der Waals surface area contributed by atoms with Crippen LogP contribution in [0.2, 0.25) is 0 Å². The summed E-state index contributed by atoms with van der Waals surface area (Å²) in [7, 11) is 0. The Labute approximate surface area is 102 Å². The largest absolute Gasteiger partial charge is 0.327 e. The summed E-state index contributed by atoms with van der Waals surface area (Å²) in [5.74, 6) is 0. The molecule has 0 N–H and O–H groups in total. The summed E-state index contributed by atoms with van der Waals surface area (Å²) in [5.41, 5.74) is 5.39. The molecule has 16 heavy (non-hydrogen) atoms. The Morgan fingerprint density at radius 2 is 1.69 bits per heavy atom. The molecule has 0 unspecified atom stereocenters. The summed E-state index contributed by atoms with van der Waals surface area (Å²) in [6.07, 6.45) is 6.38. The molecule has 1 heterocycles. The molecule has 1 aliphatic heterocycles. The highest BCUT2D eigenvalue weighted by molar-refractivity contribution is 7.96. The molecule has 1 aromatic rings. The standard InChI is InChI=1S/C13H18N2S/c1-10-7-11(2)13(12(3)8-10)14-5-6-15(9-14)16-4/h5-8H,9H2,1-4H3. The molecular weight excluding hydrogens is 216 g/mol. The van der Waals surface area contributed by atoms with E-state index in [9.17, 15) is 0 Å². The second-order valence-corrected chi connectivity index (χ2v) is 5.09. The van der Waals surface area contributed by atoms with Gasteiger partial charge in [0.25, 0.3) is 0 Å². The van der Waals surface area contributed by atoms with Crippen LogP contribution in [0, 0.1) is 20.8 Å². The first-order chi connectivity index (χ1) is 7.61. The summed E-state index contributed by atoms with van der Waals surface area (Å²) in [5, 5.41) is 0. The Morgan fingerprint density at radius 3 is 2.19 bits per heavy atom. The van der Waals surface area contributed by atoms with Crippen LogP contribution in [-0.4, -0.2) is 17.2 Å². The lowest BCUT2D eigenvalue weighted by Gasteiger charge is -2.23. The maximum atomic E-state index is 2.31. The first kappa shape index (κ1) is 11.4. The Bertz CT molecular complexity index is 403. The smallest absolute Gasteiger partial charge is 0.105 e. The zero-order valence-corrected chi connectivity index (χ0v) is 11.1. The van der Waals surface area contributed by atoms with Gasteiger partial charge in [0.15, 0.2) is 0 Å². The maximum Gasteiger partial charge on any atom is 0.105 e. The minimum Gasteiger partial charge on any atom is -0.327 e. The van der Waals surface area contributed by atoms with Gasteiger partial charge in [-0.15, -0.1) is 0 Å². The fourth-order valence-electron chi connectivity index (χ4n) is 2.29. The van der Waals surface area contributed by atoms with Crippen LogP contribution in [0.4, 0.5) is 5.69 Å². The fourth-order valence-corrected chi connectivity index (χ4v) is 2.70. The van der Waals surface area contributed by atoms with E-state index in [1.165, 1.54) is 22.4 Å². The molecule has 0 aliphatic carbocycles. The fraction of sp³-hybridized carbons (Fsp3) is 0.385. The summed E-state index contributed by atoms with van der Waals surface area (Å²) < 4.78 is 2.22. The van der Waals surface area contributed by atoms with Crippen molar-refractivity contribution in [1.29, 1.82) is 0 Å². The van der Waals surface area contributed by atoms with E-state index in [-0.39, 0.29) is 0 Å². The lowest BCUT2D eigenvalue weighted by molar-refractivity contribution is 0.669. The third kappa shape index (κ3) is 2.05. The van der Waals surface area contributed by atoms with Crippen LogP contribution in [0.25, 0.3) is 0 Å². The summed E-state index contributed by atoms with van der Waals surface area (Å²) >= 11 is 1.75. The molecule has 0 saturated carbocycles. The van der Waals surface area contributed by atoms with Gasteiger partial charge >= 0.3 is 0 Å². The van der Waals surface area contributed by atoms with Crippen LogP contribution in [0.1, 0.15) is 16.7 Å². The molecule has 0 fully saturated rings. The highest BCUT2D eigenvalue weighted by atomic mass is 32.2. The molecule has 0 saturated heterocycles. The van der Waals surface area contributed by atoms with Crippen LogP contribution in [0.3, 0.4) is 0 Å². The van der Waals surface area contributed by atoms with Crippen molar-refractivity contribution in [2.45, 2.75) is 20.8 Å². The van der Waals surface area contributed by atoms with Gasteiger partial charge in [-0.05, 0) is 31.9 Å². The Balaban J connectivity index is 2.32. The highest BCUT2D eigenvalue weighted by Crippen LogP contribution is 2.29. The van der Waals surface area contributed by atoms with E-state index in [2.05, 4.69) is 60.8 Å². The molecule has 3 heteroatoms. The molecular formula is C13H18N2S. The highest BCUT2D eigenvalue weighted by Gasteiger charge is 2.16. The quantitative estimate of drug-likeness (QED) is 0.724. The molecule has 0 spiro atoms. The van der Waals surface area contributed by atoms with Crippen molar-refractivity contribution in [3.63, 3.8) is 0 Å². The predicted octanol–water partition coefficient (Wildman–Crippen LogP) is 3.44. The van der Waals surface area contributed by atoms with Gasteiger partial charge in [-0.1, -0.05) is 29.6 Å². The van der Waals surface area contributed by atoms with E-state index in [1.807, 2.05) is 0 Å². The average molecular weight is 234 g/mol. The second-order valence-electron chi connectivity index (χ2n) is 4.26.